The van der Waals surface area contributed by atoms with Crippen LogP contribution in [0.1, 0.15) is 31.7 Å². The van der Waals surface area contributed by atoms with Gasteiger partial charge in [-0.05, 0) is 50.0 Å². The zero-order valence-corrected chi connectivity index (χ0v) is 12.0. The lowest BCUT2D eigenvalue weighted by molar-refractivity contribution is 0.301. The summed E-state index contributed by atoms with van der Waals surface area (Å²) >= 11 is 0. The number of aromatic hydroxyl groups is 1. The molecule has 2 unspecified atom stereocenters. The van der Waals surface area contributed by atoms with Gasteiger partial charge in [0.25, 0.3) is 0 Å². The molecular weight excluding hydrogens is 234 g/mol. The Morgan fingerprint density at radius 2 is 1.71 bits per heavy atom. The van der Waals surface area contributed by atoms with E-state index in [2.05, 4.69) is 32.8 Å². The molecule has 3 heteroatoms. The normalized spacial score (nSPS) is 14.2. The summed E-state index contributed by atoms with van der Waals surface area (Å²) in [6.07, 6.45) is 1.14. The fourth-order valence-corrected chi connectivity index (χ4v) is 2.39. The third-order valence-corrected chi connectivity index (χ3v) is 3.10. The zero-order chi connectivity index (χ0) is 12.1. The van der Waals surface area contributed by atoms with Crippen LogP contribution in [-0.2, 0) is 0 Å². The zero-order valence-electron chi connectivity index (χ0n) is 11.2. The Morgan fingerprint density at radius 1 is 1.18 bits per heavy atom. The van der Waals surface area contributed by atoms with Gasteiger partial charge in [-0.15, -0.1) is 12.4 Å². The van der Waals surface area contributed by atoms with E-state index in [0.29, 0.717) is 17.6 Å². The molecule has 0 saturated heterocycles. The second-order valence-corrected chi connectivity index (χ2v) is 4.85. The molecule has 0 radical (unpaired) electrons. The van der Waals surface area contributed by atoms with Crippen LogP contribution in [0.3, 0.4) is 0 Å². The lowest BCUT2D eigenvalue weighted by Crippen LogP contribution is -2.24. The third-order valence-electron chi connectivity index (χ3n) is 3.10. The number of hydrogen-bond acceptors (Lipinski definition) is 2. The van der Waals surface area contributed by atoms with E-state index < -0.39 is 0 Å². The van der Waals surface area contributed by atoms with Crippen molar-refractivity contribution in [1.82, 2.24) is 4.90 Å². The van der Waals surface area contributed by atoms with Gasteiger partial charge in [-0.3, -0.25) is 0 Å². The molecule has 0 heterocycles. The molecule has 0 aliphatic carbocycles. The number of nitrogens with zero attached hydrogens (tertiary/aromatic N) is 1. The van der Waals surface area contributed by atoms with E-state index in [0.717, 1.165) is 13.0 Å². The number of halogens is 1. The van der Waals surface area contributed by atoms with Gasteiger partial charge in [0.1, 0.15) is 5.75 Å². The highest BCUT2D eigenvalue weighted by Crippen LogP contribution is 2.29. The quantitative estimate of drug-likeness (QED) is 0.873. The SMILES string of the molecule is CCC(c1ccc(O)cc1)C(C)CN(C)C.Cl. The number of phenolic OH excluding ortho intramolecular Hbond substituents is 1. The molecule has 2 nitrogen and oxygen atoms in total. The molecule has 0 aliphatic heterocycles. The summed E-state index contributed by atoms with van der Waals surface area (Å²) in [6, 6.07) is 7.63. The maximum Gasteiger partial charge on any atom is 0.115 e. The molecule has 17 heavy (non-hydrogen) atoms. The third kappa shape index (κ3) is 4.97. The summed E-state index contributed by atoms with van der Waals surface area (Å²) in [5, 5.41) is 9.29. The van der Waals surface area contributed by atoms with Crippen molar-refractivity contribution in [3.05, 3.63) is 29.8 Å². The molecule has 98 valence electrons. The molecule has 1 rings (SSSR count). The Kier molecular flexibility index (Phi) is 7.24. The van der Waals surface area contributed by atoms with Crippen LogP contribution in [0, 0.1) is 5.92 Å². The van der Waals surface area contributed by atoms with E-state index in [9.17, 15) is 5.11 Å². The molecule has 1 aromatic carbocycles. The van der Waals surface area contributed by atoms with E-state index in [1.165, 1.54) is 5.56 Å². The molecule has 0 fully saturated rings. The van der Waals surface area contributed by atoms with Crippen molar-refractivity contribution in [2.45, 2.75) is 26.2 Å². The Bertz CT molecular complexity index is 311. The maximum atomic E-state index is 9.29. The summed E-state index contributed by atoms with van der Waals surface area (Å²) in [6.45, 7) is 5.62. The van der Waals surface area contributed by atoms with Gasteiger partial charge in [-0.1, -0.05) is 26.0 Å². The van der Waals surface area contributed by atoms with Crippen LogP contribution in [0.4, 0.5) is 0 Å². The maximum absolute atomic E-state index is 9.29. The van der Waals surface area contributed by atoms with E-state index in [-0.39, 0.29) is 12.4 Å². The highest BCUT2D eigenvalue weighted by atomic mass is 35.5. The summed E-state index contributed by atoms with van der Waals surface area (Å²) in [7, 11) is 4.22. The molecule has 0 aromatic heterocycles. The average Bonchev–Trinajstić information content (AvgIpc) is 2.21. The summed E-state index contributed by atoms with van der Waals surface area (Å²) < 4.78 is 0. The summed E-state index contributed by atoms with van der Waals surface area (Å²) in [4.78, 5) is 2.23. The van der Waals surface area contributed by atoms with Gasteiger partial charge in [-0.2, -0.15) is 0 Å². The van der Waals surface area contributed by atoms with Gasteiger partial charge in [0, 0.05) is 6.54 Å². The molecular formula is C14H24ClNO. The van der Waals surface area contributed by atoms with Crippen LogP contribution in [0.2, 0.25) is 0 Å². The first-order chi connectivity index (χ1) is 7.54. The predicted molar refractivity (Wildman–Crippen MR) is 76.1 cm³/mol. The Balaban J connectivity index is 0.00000256. The van der Waals surface area contributed by atoms with Crippen molar-refractivity contribution in [3.63, 3.8) is 0 Å². The first-order valence-corrected chi connectivity index (χ1v) is 5.98. The van der Waals surface area contributed by atoms with Crippen molar-refractivity contribution in [2.24, 2.45) is 5.92 Å². The highest BCUT2D eigenvalue weighted by molar-refractivity contribution is 5.85. The van der Waals surface area contributed by atoms with Crippen LogP contribution < -0.4 is 0 Å². The molecule has 2 atom stereocenters. The second kappa shape index (κ2) is 7.57. The molecule has 0 aliphatic rings. The molecule has 0 amide bonds. The number of hydrogen-bond donors (Lipinski definition) is 1. The van der Waals surface area contributed by atoms with E-state index in [1.807, 2.05) is 12.1 Å². The number of phenols is 1. The molecule has 0 saturated carbocycles. The number of rotatable bonds is 5. The van der Waals surface area contributed by atoms with Gasteiger partial charge in [0.2, 0.25) is 0 Å². The lowest BCUT2D eigenvalue weighted by Gasteiger charge is -2.26. The van der Waals surface area contributed by atoms with Crippen LogP contribution in [0.15, 0.2) is 24.3 Å². The predicted octanol–water partition coefficient (Wildman–Crippen LogP) is 3.51. The fraction of sp³-hybridized carbons (Fsp3) is 0.571. The largest absolute Gasteiger partial charge is 0.508 e. The summed E-state index contributed by atoms with van der Waals surface area (Å²) in [5.41, 5.74) is 1.33. The summed E-state index contributed by atoms with van der Waals surface area (Å²) in [5.74, 6) is 1.55. The lowest BCUT2D eigenvalue weighted by atomic mass is 9.85. The van der Waals surface area contributed by atoms with Gasteiger partial charge in [0.05, 0.1) is 0 Å². The minimum Gasteiger partial charge on any atom is -0.508 e. The Labute approximate surface area is 111 Å². The standard InChI is InChI=1S/C14H23NO.ClH/c1-5-14(11(2)10-15(3)4)12-6-8-13(16)9-7-12;/h6-9,11,14,16H,5,10H2,1-4H3;1H. The second-order valence-electron chi connectivity index (χ2n) is 4.85. The van der Waals surface area contributed by atoms with Crippen molar-refractivity contribution in [2.75, 3.05) is 20.6 Å². The Hall–Kier alpha value is -0.730. The van der Waals surface area contributed by atoms with Gasteiger partial charge in [-0.25, -0.2) is 0 Å². The van der Waals surface area contributed by atoms with Crippen LogP contribution in [0.5, 0.6) is 5.75 Å². The fourth-order valence-electron chi connectivity index (χ4n) is 2.39. The first kappa shape index (κ1) is 16.3. The van der Waals surface area contributed by atoms with Crippen molar-refractivity contribution in [3.8, 4) is 5.75 Å². The Morgan fingerprint density at radius 3 is 2.12 bits per heavy atom. The monoisotopic (exact) mass is 257 g/mol. The topological polar surface area (TPSA) is 23.5 Å². The average molecular weight is 258 g/mol. The van der Waals surface area contributed by atoms with Crippen molar-refractivity contribution < 1.29 is 5.11 Å². The van der Waals surface area contributed by atoms with E-state index >= 15 is 0 Å². The van der Waals surface area contributed by atoms with Gasteiger partial charge < -0.3 is 10.0 Å². The van der Waals surface area contributed by atoms with Crippen LogP contribution in [-0.4, -0.2) is 30.6 Å². The van der Waals surface area contributed by atoms with Gasteiger partial charge in [0.15, 0.2) is 0 Å². The number of benzene rings is 1. The molecule has 0 spiro atoms. The minimum atomic E-state index is 0. The first-order valence-electron chi connectivity index (χ1n) is 5.98. The van der Waals surface area contributed by atoms with Crippen LogP contribution >= 0.6 is 12.4 Å². The van der Waals surface area contributed by atoms with E-state index in [4.69, 9.17) is 0 Å². The van der Waals surface area contributed by atoms with Crippen molar-refractivity contribution in [1.29, 1.82) is 0 Å². The van der Waals surface area contributed by atoms with Crippen LogP contribution in [0.25, 0.3) is 0 Å². The minimum absolute atomic E-state index is 0. The molecule has 1 N–H and O–H groups in total. The molecule has 0 bridgehead atoms. The van der Waals surface area contributed by atoms with Crippen molar-refractivity contribution >= 4 is 12.4 Å². The highest BCUT2D eigenvalue weighted by Gasteiger charge is 2.17. The molecule has 1 aromatic rings. The van der Waals surface area contributed by atoms with Gasteiger partial charge >= 0.3 is 0 Å². The van der Waals surface area contributed by atoms with E-state index in [1.54, 1.807) is 12.1 Å². The smallest absolute Gasteiger partial charge is 0.115 e.